The number of alkyl halides is 3. The Morgan fingerprint density at radius 3 is 2.53 bits per heavy atom. The van der Waals surface area contributed by atoms with Crippen molar-refractivity contribution < 1.29 is 32.2 Å². The molecule has 10 heteroatoms. The van der Waals surface area contributed by atoms with Crippen molar-refractivity contribution >= 4 is 34.9 Å². The van der Waals surface area contributed by atoms with E-state index < -0.39 is 17.0 Å². The summed E-state index contributed by atoms with van der Waals surface area (Å²) in [6, 6.07) is 7.61. The third-order valence-corrected chi connectivity index (χ3v) is 5.15. The van der Waals surface area contributed by atoms with Crippen LogP contribution in [0.5, 0.6) is 17.2 Å². The first-order chi connectivity index (χ1) is 14.2. The quantitative estimate of drug-likeness (QED) is 0.508. The zero-order valence-corrected chi connectivity index (χ0v) is 17.7. The molecule has 5 nitrogen and oxygen atoms in total. The van der Waals surface area contributed by atoms with Crippen molar-refractivity contribution in [1.29, 1.82) is 0 Å². The Hall–Kier alpha value is -2.39. The van der Waals surface area contributed by atoms with Gasteiger partial charge in [-0.3, -0.25) is 4.79 Å². The van der Waals surface area contributed by atoms with Crippen LogP contribution in [0.2, 0.25) is 5.02 Å². The average Bonchev–Trinajstić information content (AvgIpc) is 2.69. The lowest BCUT2D eigenvalue weighted by Gasteiger charge is -2.16. The molecule has 2 aromatic rings. The van der Waals surface area contributed by atoms with Gasteiger partial charge in [-0.15, -0.1) is 0 Å². The van der Waals surface area contributed by atoms with Gasteiger partial charge in [-0.2, -0.15) is 13.2 Å². The summed E-state index contributed by atoms with van der Waals surface area (Å²) >= 11 is 6.80. The smallest absolute Gasteiger partial charge is 0.416 e. The molecule has 0 aliphatic heterocycles. The molecule has 0 spiro atoms. The zero-order chi connectivity index (χ0) is 22.3. The molecule has 0 heterocycles. The molecule has 1 unspecified atom stereocenters. The van der Waals surface area contributed by atoms with E-state index in [2.05, 4.69) is 5.32 Å². The van der Waals surface area contributed by atoms with E-state index in [1.165, 1.54) is 7.05 Å². The van der Waals surface area contributed by atoms with Crippen LogP contribution in [0.3, 0.4) is 0 Å². The average molecular weight is 462 g/mol. The van der Waals surface area contributed by atoms with Crippen molar-refractivity contribution in [3.05, 3.63) is 52.5 Å². The second-order valence-corrected chi connectivity index (χ2v) is 7.60. The van der Waals surface area contributed by atoms with Crippen LogP contribution in [0.25, 0.3) is 0 Å². The molecular weight excluding hydrogens is 443 g/mol. The second-order valence-electron chi connectivity index (χ2n) is 5.98. The van der Waals surface area contributed by atoms with E-state index in [9.17, 15) is 22.8 Å². The van der Waals surface area contributed by atoms with Crippen LogP contribution in [-0.4, -0.2) is 30.4 Å². The van der Waals surface area contributed by atoms with Crippen LogP contribution in [0.15, 0.2) is 36.4 Å². The maximum atomic E-state index is 12.8. The Morgan fingerprint density at radius 1 is 1.23 bits per heavy atom. The molecule has 0 saturated heterocycles. The molecule has 0 aliphatic rings. The first kappa shape index (κ1) is 23.9. The molecule has 0 aromatic heterocycles. The lowest BCUT2D eigenvalue weighted by atomic mass is 10.1. The number of hydrogen-bond acceptors (Lipinski definition) is 5. The molecule has 30 heavy (non-hydrogen) atoms. The summed E-state index contributed by atoms with van der Waals surface area (Å²) in [6.45, 7) is 2.12. The highest BCUT2D eigenvalue weighted by Gasteiger charge is 2.31. The zero-order valence-electron chi connectivity index (χ0n) is 16.1. The van der Waals surface area contributed by atoms with Crippen LogP contribution >= 0.6 is 23.4 Å². The normalized spacial score (nSPS) is 12.2. The number of ether oxygens (including phenoxy) is 2. The first-order valence-electron chi connectivity index (χ1n) is 8.81. The highest BCUT2D eigenvalue weighted by Crippen LogP contribution is 2.37. The standard InChI is InChI=1S/C20H19ClF3NO4S/c1-3-28-18-10-14(6-4-12(18)8-15(11-26)30-19(27)25-2)29-17-7-5-13(9-16(17)21)20(22,23)24/h4-7,9-11,15H,3,8H2,1-2H3,(H,25,27). The van der Waals surface area contributed by atoms with Crippen molar-refractivity contribution in [2.75, 3.05) is 13.7 Å². The predicted molar refractivity (Wildman–Crippen MR) is 110 cm³/mol. The van der Waals surface area contributed by atoms with Crippen LogP contribution < -0.4 is 14.8 Å². The molecular formula is C20H19ClF3NO4S. The highest BCUT2D eigenvalue weighted by molar-refractivity contribution is 8.14. The van der Waals surface area contributed by atoms with E-state index in [0.717, 1.165) is 30.0 Å². The molecule has 2 rings (SSSR count). The third-order valence-electron chi connectivity index (χ3n) is 3.86. The number of carbonyl (C=O) groups is 2. The minimum absolute atomic E-state index is 0.0563. The van der Waals surface area contributed by atoms with Gasteiger partial charge in [0.05, 0.1) is 22.4 Å². The number of carbonyl (C=O) groups excluding carboxylic acids is 2. The van der Waals surface area contributed by atoms with E-state index in [-0.39, 0.29) is 22.4 Å². The molecule has 1 N–H and O–H groups in total. The van der Waals surface area contributed by atoms with Crippen molar-refractivity contribution in [2.45, 2.75) is 24.8 Å². The first-order valence-corrected chi connectivity index (χ1v) is 10.1. The SMILES string of the molecule is CCOc1cc(Oc2ccc(C(F)(F)F)cc2Cl)ccc1CC(C=O)SC(=O)NC. The molecule has 1 amide bonds. The number of nitrogens with one attached hydrogen (secondary N) is 1. The number of benzene rings is 2. The van der Waals surface area contributed by atoms with Crippen molar-refractivity contribution in [3.63, 3.8) is 0 Å². The molecule has 162 valence electrons. The van der Waals surface area contributed by atoms with Crippen LogP contribution in [0.1, 0.15) is 18.1 Å². The number of halogens is 4. The summed E-state index contributed by atoms with van der Waals surface area (Å²) in [5.41, 5.74) is -0.199. The summed E-state index contributed by atoms with van der Waals surface area (Å²) in [5, 5.41) is 1.31. The van der Waals surface area contributed by atoms with Crippen LogP contribution in [0.4, 0.5) is 18.0 Å². The van der Waals surface area contributed by atoms with E-state index in [1.807, 2.05) is 0 Å². The fourth-order valence-electron chi connectivity index (χ4n) is 2.47. The molecule has 2 aromatic carbocycles. The maximum absolute atomic E-state index is 12.8. The van der Waals surface area contributed by atoms with E-state index >= 15 is 0 Å². The Balaban J connectivity index is 2.24. The van der Waals surface area contributed by atoms with Gasteiger partial charge >= 0.3 is 6.18 Å². The van der Waals surface area contributed by atoms with Crippen LogP contribution in [-0.2, 0) is 17.4 Å². The number of hydrogen-bond donors (Lipinski definition) is 1. The van der Waals surface area contributed by atoms with Crippen molar-refractivity contribution in [1.82, 2.24) is 5.32 Å². The van der Waals surface area contributed by atoms with Crippen LogP contribution in [0, 0.1) is 0 Å². The summed E-state index contributed by atoms with van der Waals surface area (Å²) in [7, 11) is 1.47. The summed E-state index contributed by atoms with van der Waals surface area (Å²) in [5.74, 6) is 0.786. The Bertz CT molecular complexity index is 908. The van der Waals surface area contributed by atoms with Gasteiger partial charge in [-0.25, -0.2) is 0 Å². The van der Waals surface area contributed by atoms with E-state index in [0.29, 0.717) is 30.0 Å². The minimum Gasteiger partial charge on any atom is -0.493 e. The van der Waals surface area contributed by atoms with Gasteiger partial charge < -0.3 is 19.6 Å². The summed E-state index contributed by atoms with van der Waals surface area (Å²) in [6.07, 6.45) is -3.58. The lowest BCUT2D eigenvalue weighted by molar-refractivity contribution is -0.137. The Morgan fingerprint density at radius 2 is 1.97 bits per heavy atom. The molecule has 0 saturated carbocycles. The molecule has 1 atom stereocenters. The second kappa shape index (κ2) is 10.6. The monoisotopic (exact) mass is 461 g/mol. The van der Waals surface area contributed by atoms with Gasteiger partial charge in [0.2, 0.25) is 0 Å². The lowest BCUT2D eigenvalue weighted by Crippen LogP contribution is -2.19. The predicted octanol–water partition coefficient (Wildman–Crippen LogP) is 5.73. The number of rotatable bonds is 8. The van der Waals surface area contributed by atoms with Gasteiger partial charge in [-0.1, -0.05) is 29.4 Å². The summed E-state index contributed by atoms with van der Waals surface area (Å²) < 4.78 is 49.5. The van der Waals surface area contributed by atoms with Gasteiger partial charge in [0.25, 0.3) is 5.24 Å². The van der Waals surface area contributed by atoms with Gasteiger partial charge in [-0.05, 0) is 43.2 Å². The van der Waals surface area contributed by atoms with Gasteiger partial charge in [0.1, 0.15) is 23.5 Å². The third kappa shape index (κ3) is 6.56. The fourth-order valence-corrected chi connectivity index (χ4v) is 3.40. The van der Waals surface area contributed by atoms with Crippen molar-refractivity contribution in [3.8, 4) is 17.2 Å². The number of aldehydes is 1. The highest BCUT2D eigenvalue weighted by atomic mass is 35.5. The molecule has 0 fully saturated rings. The fraction of sp³-hybridized carbons (Fsp3) is 0.300. The number of amides is 1. The van der Waals surface area contributed by atoms with E-state index in [1.54, 1.807) is 25.1 Å². The molecule has 0 radical (unpaired) electrons. The molecule has 0 bridgehead atoms. The van der Waals surface area contributed by atoms with Crippen molar-refractivity contribution in [2.24, 2.45) is 0 Å². The maximum Gasteiger partial charge on any atom is 0.416 e. The van der Waals surface area contributed by atoms with Gasteiger partial charge in [0.15, 0.2) is 0 Å². The summed E-state index contributed by atoms with van der Waals surface area (Å²) in [4.78, 5) is 22.8. The Labute approximate surface area is 180 Å². The largest absolute Gasteiger partial charge is 0.493 e. The van der Waals surface area contributed by atoms with Gasteiger partial charge in [0, 0.05) is 13.1 Å². The topological polar surface area (TPSA) is 64.6 Å². The van der Waals surface area contributed by atoms with E-state index in [4.69, 9.17) is 21.1 Å². The molecule has 0 aliphatic carbocycles. The Kier molecular flexibility index (Phi) is 8.43. The number of thioether (sulfide) groups is 1. The minimum atomic E-state index is -4.51.